The molecule has 0 aliphatic heterocycles. The molecule has 2 atom stereocenters. The van der Waals surface area contributed by atoms with E-state index in [1.54, 1.807) is 0 Å². The smallest absolute Gasteiger partial charge is 0.0690 e. The van der Waals surface area contributed by atoms with Gasteiger partial charge in [0.05, 0.1) is 11.5 Å². The van der Waals surface area contributed by atoms with Crippen LogP contribution >= 0.6 is 0 Å². The van der Waals surface area contributed by atoms with Gasteiger partial charge in [-0.15, -0.1) is 0 Å². The first-order valence-electron chi connectivity index (χ1n) is 5.39. The molecule has 4 saturated carbocycles. The molecular formula is C11H16N2. The zero-order chi connectivity index (χ0) is 9.05. The van der Waals surface area contributed by atoms with Gasteiger partial charge in [-0.2, -0.15) is 5.26 Å². The Morgan fingerprint density at radius 3 is 2.31 bits per heavy atom. The van der Waals surface area contributed by atoms with Gasteiger partial charge in [-0.3, -0.25) is 0 Å². The topological polar surface area (TPSA) is 49.8 Å². The van der Waals surface area contributed by atoms with Gasteiger partial charge in [0.25, 0.3) is 0 Å². The van der Waals surface area contributed by atoms with Gasteiger partial charge in [-0.1, -0.05) is 0 Å². The van der Waals surface area contributed by atoms with E-state index in [0.29, 0.717) is 17.9 Å². The second kappa shape index (κ2) is 2.27. The number of hydrogen-bond donors (Lipinski definition) is 1. The monoisotopic (exact) mass is 176 g/mol. The van der Waals surface area contributed by atoms with Crippen LogP contribution in [0, 0.1) is 34.5 Å². The number of hydrogen-bond acceptors (Lipinski definition) is 2. The van der Waals surface area contributed by atoms with E-state index in [-0.39, 0.29) is 5.41 Å². The maximum absolute atomic E-state index is 9.23. The molecule has 13 heavy (non-hydrogen) atoms. The molecule has 0 radical (unpaired) electrons. The molecule has 4 aliphatic rings. The molecular weight excluding hydrogens is 160 g/mol. The molecule has 0 amide bonds. The lowest BCUT2D eigenvalue weighted by Crippen LogP contribution is -2.56. The quantitative estimate of drug-likeness (QED) is 0.610. The van der Waals surface area contributed by atoms with Crippen LogP contribution in [0.15, 0.2) is 0 Å². The molecule has 2 N–H and O–H groups in total. The lowest BCUT2D eigenvalue weighted by molar-refractivity contribution is -0.0358. The first-order chi connectivity index (χ1) is 6.22. The Bertz CT molecular complexity index is 262. The van der Waals surface area contributed by atoms with Crippen molar-refractivity contribution in [2.24, 2.45) is 28.9 Å². The lowest BCUT2D eigenvalue weighted by atomic mass is 9.48. The molecule has 4 rings (SSSR count). The largest absolute Gasteiger partial charge is 0.327 e. The van der Waals surface area contributed by atoms with Crippen LogP contribution in [0.2, 0.25) is 0 Å². The molecule has 4 bridgehead atoms. The van der Waals surface area contributed by atoms with Crippen LogP contribution in [0.4, 0.5) is 0 Å². The highest BCUT2D eigenvalue weighted by Crippen LogP contribution is 2.59. The fraction of sp³-hybridized carbons (Fsp3) is 0.909. The van der Waals surface area contributed by atoms with Crippen molar-refractivity contribution in [2.75, 3.05) is 0 Å². The second-order valence-electron chi connectivity index (χ2n) is 5.44. The molecule has 0 aromatic rings. The van der Waals surface area contributed by atoms with Gasteiger partial charge in [0.15, 0.2) is 0 Å². The first kappa shape index (κ1) is 7.82. The molecule has 0 heterocycles. The average Bonchev–Trinajstić information content (AvgIpc) is 2.13. The van der Waals surface area contributed by atoms with E-state index in [1.165, 1.54) is 19.3 Å². The van der Waals surface area contributed by atoms with Crippen LogP contribution in [0.5, 0.6) is 0 Å². The third-order valence-electron chi connectivity index (χ3n) is 4.58. The third kappa shape index (κ3) is 0.914. The molecule has 2 nitrogen and oxygen atoms in total. The third-order valence-corrected chi connectivity index (χ3v) is 4.58. The van der Waals surface area contributed by atoms with Crippen molar-refractivity contribution in [3.8, 4) is 6.07 Å². The summed E-state index contributed by atoms with van der Waals surface area (Å²) in [5.74, 6) is 2.17. The van der Waals surface area contributed by atoms with Crippen LogP contribution in [0.3, 0.4) is 0 Å². The number of nitrogens with zero attached hydrogens (tertiary/aromatic N) is 1. The minimum Gasteiger partial charge on any atom is -0.327 e. The van der Waals surface area contributed by atoms with Gasteiger partial charge in [-0.25, -0.2) is 0 Å². The minimum absolute atomic E-state index is 0.0480. The molecule has 2 heteroatoms. The van der Waals surface area contributed by atoms with Gasteiger partial charge < -0.3 is 5.73 Å². The van der Waals surface area contributed by atoms with Crippen LogP contribution in [-0.4, -0.2) is 6.04 Å². The van der Waals surface area contributed by atoms with Crippen molar-refractivity contribution in [3.05, 3.63) is 0 Å². The Balaban J connectivity index is 1.97. The standard InChI is InChI=1S/C11H16N2/c12-6-11-3-7-1-8(4-11)10(13)9(2-7)5-11/h7-10H,1-5,13H2. The predicted octanol–water partition coefficient (Wildman–Crippen LogP) is 1.66. The van der Waals surface area contributed by atoms with E-state index >= 15 is 0 Å². The maximum atomic E-state index is 9.23. The molecule has 0 saturated heterocycles. The molecule has 2 unspecified atom stereocenters. The van der Waals surface area contributed by atoms with Crippen molar-refractivity contribution >= 4 is 0 Å². The summed E-state index contributed by atoms with van der Waals surface area (Å²) >= 11 is 0. The number of rotatable bonds is 0. The van der Waals surface area contributed by atoms with Crippen molar-refractivity contribution in [3.63, 3.8) is 0 Å². The van der Waals surface area contributed by atoms with Crippen molar-refractivity contribution < 1.29 is 0 Å². The summed E-state index contributed by atoms with van der Waals surface area (Å²) in [5.41, 5.74) is 6.22. The highest BCUT2D eigenvalue weighted by atomic mass is 14.7. The van der Waals surface area contributed by atoms with Gasteiger partial charge in [0.2, 0.25) is 0 Å². The average molecular weight is 176 g/mol. The van der Waals surface area contributed by atoms with E-state index in [0.717, 1.165) is 18.8 Å². The van der Waals surface area contributed by atoms with E-state index in [4.69, 9.17) is 5.73 Å². The van der Waals surface area contributed by atoms with E-state index in [9.17, 15) is 5.26 Å². The zero-order valence-electron chi connectivity index (χ0n) is 7.87. The molecule has 4 aliphatic carbocycles. The van der Waals surface area contributed by atoms with Crippen LogP contribution in [-0.2, 0) is 0 Å². The molecule has 4 fully saturated rings. The Hall–Kier alpha value is -0.550. The van der Waals surface area contributed by atoms with Crippen LogP contribution in [0.25, 0.3) is 0 Å². The highest BCUT2D eigenvalue weighted by Gasteiger charge is 2.54. The summed E-state index contributed by atoms with van der Waals surface area (Å²) < 4.78 is 0. The zero-order valence-corrected chi connectivity index (χ0v) is 7.87. The van der Waals surface area contributed by atoms with E-state index in [1.807, 2.05) is 0 Å². The maximum Gasteiger partial charge on any atom is 0.0690 e. The molecule has 0 spiro atoms. The SMILES string of the molecule is N#CC12CC3CC(C1)C(N)C(C3)C2. The summed E-state index contributed by atoms with van der Waals surface area (Å²) in [6.07, 6.45) is 5.97. The molecule has 0 aromatic heterocycles. The summed E-state index contributed by atoms with van der Waals surface area (Å²) in [7, 11) is 0. The van der Waals surface area contributed by atoms with Crippen molar-refractivity contribution in [2.45, 2.75) is 38.1 Å². The van der Waals surface area contributed by atoms with Crippen LogP contribution < -0.4 is 5.73 Å². The summed E-state index contributed by atoms with van der Waals surface area (Å²) in [6.45, 7) is 0. The van der Waals surface area contributed by atoms with Gasteiger partial charge in [0.1, 0.15) is 0 Å². The Kier molecular flexibility index (Phi) is 1.37. The fourth-order valence-corrected chi connectivity index (χ4v) is 4.20. The Morgan fingerprint density at radius 2 is 1.77 bits per heavy atom. The second-order valence-corrected chi connectivity index (χ2v) is 5.44. The van der Waals surface area contributed by atoms with Gasteiger partial charge >= 0.3 is 0 Å². The normalized spacial score (nSPS) is 57.8. The van der Waals surface area contributed by atoms with Gasteiger partial charge in [-0.05, 0) is 49.9 Å². The predicted molar refractivity (Wildman–Crippen MR) is 49.6 cm³/mol. The van der Waals surface area contributed by atoms with Crippen LogP contribution in [0.1, 0.15) is 32.1 Å². The Morgan fingerprint density at radius 1 is 1.15 bits per heavy atom. The van der Waals surface area contributed by atoms with Crippen molar-refractivity contribution in [1.29, 1.82) is 5.26 Å². The summed E-state index contributed by atoms with van der Waals surface area (Å²) in [6, 6.07) is 2.99. The summed E-state index contributed by atoms with van der Waals surface area (Å²) in [5, 5.41) is 9.23. The lowest BCUT2D eigenvalue weighted by Gasteiger charge is -2.56. The van der Waals surface area contributed by atoms with E-state index < -0.39 is 0 Å². The Labute approximate surface area is 79.1 Å². The number of nitrogens with two attached hydrogens (primary N) is 1. The van der Waals surface area contributed by atoms with E-state index in [2.05, 4.69) is 6.07 Å². The minimum atomic E-state index is 0.0480. The molecule has 70 valence electrons. The molecule has 0 aromatic carbocycles. The first-order valence-corrected chi connectivity index (χ1v) is 5.39. The fourth-order valence-electron chi connectivity index (χ4n) is 4.20. The summed E-state index contributed by atoms with van der Waals surface area (Å²) in [4.78, 5) is 0. The van der Waals surface area contributed by atoms with Gasteiger partial charge in [0, 0.05) is 6.04 Å². The van der Waals surface area contributed by atoms with Crippen molar-refractivity contribution in [1.82, 2.24) is 0 Å². The number of nitriles is 1. The highest BCUT2D eigenvalue weighted by molar-refractivity contribution is 5.14.